The Morgan fingerprint density at radius 2 is 2.18 bits per heavy atom. The van der Waals surface area contributed by atoms with Crippen LogP contribution in [0.3, 0.4) is 0 Å². The van der Waals surface area contributed by atoms with E-state index in [2.05, 4.69) is 11.2 Å². The fourth-order valence-corrected chi connectivity index (χ4v) is 2.18. The van der Waals surface area contributed by atoms with Crippen LogP contribution in [0.15, 0.2) is 39.6 Å². The maximum Gasteiger partial charge on any atom is 0.441 e. The highest BCUT2D eigenvalue weighted by Crippen LogP contribution is 2.15. The summed E-state index contributed by atoms with van der Waals surface area (Å²) in [6, 6.07) is 11.2. The van der Waals surface area contributed by atoms with Crippen molar-refractivity contribution in [3.63, 3.8) is 0 Å². The molecule has 0 aliphatic rings. The minimum Gasteiger partial charge on any atom is -0.390 e. The van der Waals surface area contributed by atoms with Crippen LogP contribution in [0.25, 0.3) is 11.4 Å². The number of aromatic nitrogens is 2. The molecule has 0 saturated heterocycles. The zero-order valence-corrected chi connectivity index (χ0v) is 12.3. The average molecular weight is 302 g/mol. The zero-order valence-electron chi connectivity index (χ0n) is 12.3. The number of aliphatic hydroxyl groups excluding tert-OH is 1. The fraction of sp³-hybridized carbons (Fsp3) is 0.400. The predicted octanol–water partition coefficient (Wildman–Crippen LogP) is 0.710. The Hall–Kier alpha value is -2.43. The van der Waals surface area contributed by atoms with E-state index >= 15 is 0 Å². The topological polar surface area (TPSA) is 95.3 Å². The zero-order chi connectivity index (χ0) is 15.9. The largest absolute Gasteiger partial charge is 0.441 e. The number of aliphatic hydroxyl groups is 1. The third-order valence-electron chi connectivity index (χ3n) is 3.24. The molecule has 1 atom stereocenters. The monoisotopic (exact) mass is 302 g/mol. The third kappa shape index (κ3) is 4.04. The second-order valence-corrected chi connectivity index (χ2v) is 5.07. The van der Waals surface area contributed by atoms with Gasteiger partial charge in [0.05, 0.1) is 18.7 Å². The molecule has 2 rings (SSSR count). The van der Waals surface area contributed by atoms with Gasteiger partial charge in [0.15, 0.2) is 5.82 Å². The van der Waals surface area contributed by atoms with E-state index < -0.39 is 11.9 Å². The van der Waals surface area contributed by atoms with E-state index in [1.165, 1.54) is 4.57 Å². The Balaban J connectivity index is 2.09. The average Bonchev–Trinajstić information content (AvgIpc) is 2.87. The maximum absolute atomic E-state index is 11.8. The Morgan fingerprint density at radius 1 is 1.45 bits per heavy atom. The van der Waals surface area contributed by atoms with Crippen molar-refractivity contribution in [1.29, 1.82) is 5.26 Å². The van der Waals surface area contributed by atoms with Gasteiger partial charge in [-0.25, -0.2) is 4.79 Å². The highest BCUT2D eigenvalue weighted by Gasteiger charge is 2.17. The third-order valence-corrected chi connectivity index (χ3v) is 3.24. The van der Waals surface area contributed by atoms with Gasteiger partial charge in [0, 0.05) is 25.1 Å². The van der Waals surface area contributed by atoms with Gasteiger partial charge >= 0.3 is 5.76 Å². The van der Waals surface area contributed by atoms with Gasteiger partial charge in [-0.2, -0.15) is 5.26 Å². The van der Waals surface area contributed by atoms with Crippen molar-refractivity contribution in [2.45, 2.75) is 19.1 Å². The van der Waals surface area contributed by atoms with Gasteiger partial charge in [0.2, 0.25) is 0 Å². The molecule has 0 aliphatic carbocycles. The summed E-state index contributed by atoms with van der Waals surface area (Å²) in [5.41, 5.74) is 0.749. The van der Waals surface area contributed by atoms with E-state index in [4.69, 9.17) is 9.78 Å². The van der Waals surface area contributed by atoms with Crippen LogP contribution >= 0.6 is 0 Å². The molecule has 1 aromatic heterocycles. The molecule has 2 aromatic rings. The van der Waals surface area contributed by atoms with Gasteiger partial charge in [-0.1, -0.05) is 35.5 Å². The van der Waals surface area contributed by atoms with E-state index in [9.17, 15) is 9.90 Å². The van der Waals surface area contributed by atoms with Crippen molar-refractivity contribution in [2.24, 2.45) is 0 Å². The predicted molar refractivity (Wildman–Crippen MR) is 79.9 cm³/mol. The van der Waals surface area contributed by atoms with Crippen LogP contribution in [-0.4, -0.2) is 46.0 Å². The van der Waals surface area contributed by atoms with Crippen molar-refractivity contribution in [3.8, 4) is 17.5 Å². The Morgan fingerprint density at radius 3 is 2.86 bits per heavy atom. The van der Waals surface area contributed by atoms with E-state index in [0.717, 1.165) is 5.56 Å². The first-order valence-corrected chi connectivity index (χ1v) is 6.97. The van der Waals surface area contributed by atoms with Crippen LogP contribution < -0.4 is 5.76 Å². The van der Waals surface area contributed by atoms with Crippen molar-refractivity contribution in [1.82, 2.24) is 14.6 Å². The molecule has 7 heteroatoms. The molecule has 0 saturated carbocycles. The molecule has 7 nitrogen and oxygen atoms in total. The number of benzene rings is 1. The van der Waals surface area contributed by atoms with E-state index in [0.29, 0.717) is 25.3 Å². The molecule has 0 aliphatic heterocycles. The molecule has 116 valence electrons. The van der Waals surface area contributed by atoms with E-state index in [-0.39, 0.29) is 6.54 Å². The molecule has 22 heavy (non-hydrogen) atoms. The van der Waals surface area contributed by atoms with E-state index in [1.54, 1.807) is 0 Å². The Labute approximate surface area is 128 Å². The number of likely N-dealkylation sites (N-methyl/N-ethyl adjacent to an activating group) is 1. The van der Waals surface area contributed by atoms with Gasteiger partial charge in [-0.15, -0.1) is 0 Å². The summed E-state index contributed by atoms with van der Waals surface area (Å²) in [4.78, 5) is 13.6. The Bertz CT molecular complexity index is 687. The smallest absolute Gasteiger partial charge is 0.390 e. The lowest BCUT2D eigenvalue weighted by molar-refractivity contribution is 0.109. The molecule has 0 amide bonds. The molecule has 1 unspecified atom stereocenters. The first-order chi connectivity index (χ1) is 10.6. The lowest BCUT2D eigenvalue weighted by atomic mass is 10.2. The number of hydrogen-bond donors (Lipinski definition) is 1. The van der Waals surface area contributed by atoms with Crippen molar-refractivity contribution in [3.05, 3.63) is 40.9 Å². The van der Waals surface area contributed by atoms with E-state index in [1.807, 2.05) is 42.3 Å². The van der Waals surface area contributed by atoms with Crippen LogP contribution in [0.2, 0.25) is 0 Å². The molecule has 0 bridgehead atoms. The second kappa shape index (κ2) is 7.54. The molecule has 0 spiro atoms. The van der Waals surface area contributed by atoms with Crippen LogP contribution in [0.4, 0.5) is 0 Å². The van der Waals surface area contributed by atoms with Crippen LogP contribution in [0.1, 0.15) is 6.42 Å². The molecule has 0 fully saturated rings. The maximum atomic E-state index is 11.8. The van der Waals surface area contributed by atoms with Gasteiger partial charge in [-0.3, -0.25) is 9.09 Å². The van der Waals surface area contributed by atoms with Crippen LogP contribution in [0.5, 0.6) is 0 Å². The first kappa shape index (κ1) is 15.9. The summed E-state index contributed by atoms with van der Waals surface area (Å²) in [5.74, 6) is -0.207. The van der Waals surface area contributed by atoms with Crippen LogP contribution in [0, 0.1) is 11.3 Å². The summed E-state index contributed by atoms with van der Waals surface area (Å²) in [6.45, 7) is 1.01. The lowest BCUT2D eigenvalue weighted by Crippen LogP contribution is -2.34. The number of nitrogens with zero attached hydrogens (tertiary/aromatic N) is 4. The Kier molecular flexibility index (Phi) is 5.47. The molecule has 1 aromatic carbocycles. The van der Waals surface area contributed by atoms with Gasteiger partial charge in [0.25, 0.3) is 0 Å². The second-order valence-electron chi connectivity index (χ2n) is 5.07. The van der Waals surface area contributed by atoms with Crippen molar-refractivity contribution in [2.75, 3.05) is 20.1 Å². The molecular formula is C15H18N4O3. The molecular weight excluding hydrogens is 284 g/mol. The van der Waals surface area contributed by atoms with Crippen molar-refractivity contribution < 1.29 is 9.63 Å². The van der Waals surface area contributed by atoms with Crippen LogP contribution in [-0.2, 0) is 6.54 Å². The summed E-state index contributed by atoms with van der Waals surface area (Å²) in [5, 5.41) is 22.5. The minimum atomic E-state index is -0.761. The molecule has 0 radical (unpaired) electrons. The lowest BCUT2D eigenvalue weighted by Gasteiger charge is -2.19. The quantitative estimate of drug-likeness (QED) is 0.809. The standard InChI is InChI=1S/C15H18N4O3/c1-18(9-5-8-16)10-13(20)11-19-14(17-22-15(19)21)12-6-3-2-4-7-12/h2-4,6-7,13,20H,5,9-11H2,1H3. The highest BCUT2D eigenvalue weighted by atomic mass is 16.5. The van der Waals surface area contributed by atoms with Gasteiger partial charge < -0.3 is 10.0 Å². The summed E-state index contributed by atoms with van der Waals surface area (Å²) in [7, 11) is 1.81. The fourth-order valence-electron chi connectivity index (χ4n) is 2.18. The van der Waals surface area contributed by atoms with Gasteiger partial charge in [-0.05, 0) is 7.05 Å². The normalized spacial score (nSPS) is 12.3. The van der Waals surface area contributed by atoms with Crippen molar-refractivity contribution >= 4 is 0 Å². The number of hydrogen-bond acceptors (Lipinski definition) is 6. The number of rotatable bonds is 7. The first-order valence-electron chi connectivity index (χ1n) is 6.97. The highest BCUT2D eigenvalue weighted by molar-refractivity contribution is 5.54. The molecule has 1 N–H and O–H groups in total. The molecule has 1 heterocycles. The van der Waals surface area contributed by atoms with Gasteiger partial charge in [0.1, 0.15) is 0 Å². The summed E-state index contributed by atoms with van der Waals surface area (Å²) >= 11 is 0. The SMILES string of the molecule is CN(CCC#N)CC(O)Cn1c(-c2ccccc2)noc1=O. The summed E-state index contributed by atoms with van der Waals surface area (Å²) in [6.07, 6.45) is -0.366. The number of nitriles is 1. The minimum absolute atomic E-state index is 0.0868. The summed E-state index contributed by atoms with van der Waals surface area (Å²) < 4.78 is 6.03.